The fourth-order valence-electron chi connectivity index (χ4n) is 3.17. The molecule has 0 saturated heterocycles. The van der Waals surface area contributed by atoms with Gasteiger partial charge < -0.3 is 10.6 Å². The quantitative estimate of drug-likeness (QED) is 0.488. The van der Waals surface area contributed by atoms with Gasteiger partial charge in [0.2, 0.25) is 11.3 Å². The lowest BCUT2D eigenvalue weighted by molar-refractivity contribution is -0.116. The largest absolute Gasteiger partial charge is 0.324 e. The van der Waals surface area contributed by atoms with Gasteiger partial charge in [-0.25, -0.2) is 4.39 Å². The maximum Gasteiger partial charge on any atom is 0.274 e. The molecule has 2 aromatic carbocycles. The van der Waals surface area contributed by atoms with Crippen molar-refractivity contribution >= 4 is 34.1 Å². The molecule has 2 N–H and O–H groups in total. The predicted molar refractivity (Wildman–Crippen MR) is 118 cm³/mol. The first kappa shape index (κ1) is 20.9. The van der Waals surface area contributed by atoms with Crippen LogP contribution in [0.1, 0.15) is 16.9 Å². The van der Waals surface area contributed by atoms with Gasteiger partial charge in [0.25, 0.3) is 5.91 Å². The summed E-state index contributed by atoms with van der Waals surface area (Å²) in [6.07, 6.45) is 2.71. The van der Waals surface area contributed by atoms with Crippen LogP contribution in [0.4, 0.5) is 15.8 Å². The first-order chi connectivity index (χ1) is 15.5. The number of nitrogens with zero attached hydrogens (tertiary/aromatic N) is 3. The summed E-state index contributed by atoms with van der Waals surface area (Å²) in [4.78, 5) is 40.8. The molecule has 2 amide bonds. The lowest BCUT2D eigenvalue weighted by Crippen LogP contribution is -2.20. The van der Waals surface area contributed by atoms with E-state index >= 15 is 0 Å². The Labute approximate surface area is 181 Å². The van der Waals surface area contributed by atoms with Crippen molar-refractivity contribution in [3.63, 3.8) is 0 Å². The normalized spacial score (nSPS) is 10.7. The molecule has 160 valence electrons. The number of nitrogens with one attached hydrogen (secondary N) is 2. The smallest absolute Gasteiger partial charge is 0.274 e. The monoisotopic (exact) mass is 431 g/mol. The number of halogens is 1. The lowest BCUT2D eigenvalue weighted by atomic mass is 10.2. The third-order valence-electron chi connectivity index (χ3n) is 4.71. The molecule has 0 fully saturated rings. The zero-order valence-electron chi connectivity index (χ0n) is 16.8. The molecule has 0 aliphatic carbocycles. The molecular weight excluding hydrogens is 413 g/mol. The van der Waals surface area contributed by atoms with E-state index in [9.17, 15) is 18.8 Å². The van der Waals surface area contributed by atoms with Crippen LogP contribution < -0.4 is 16.1 Å². The molecule has 2 heterocycles. The molecule has 8 nitrogen and oxygen atoms in total. The summed E-state index contributed by atoms with van der Waals surface area (Å²) in [6.45, 7) is 0.206. The average molecular weight is 431 g/mol. The van der Waals surface area contributed by atoms with Crippen LogP contribution in [0, 0.1) is 5.82 Å². The third kappa shape index (κ3) is 4.67. The predicted octanol–water partition coefficient (Wildman–Crippen LogP) is 3.21. The van der Waals surface area contributed by atoms with E-state index in [1.807, 2.05) is 0 Å². The van der Waals surface area contributed by atoms with E-state index in [1.165, 1.54) is 24.5 Å². The molecule has 0 unspecified atom stereocenters. The van der Waals surface area contributed by atoms with Crippen LogP contribution in [0.5, 0.6) is 0 Å². The molecule has 9 heteroatoms. The standard InChI is InChI=1S/C23H18FN5O3/c24-15-8-9-17(28-23(32)18-6-3-4-11-25-18)19(13-15)27-22(31)10-12-29-20-7-2-1-5-16(20)21(30)14-26-29/h1-9,11,13-14H,10,12H2,(H,27,31)(H,28,32). The number of anilines is 2. The van der Waals surface area contributed by atoms with Crippen molar-refractivity contribution in [2.75, 3.05) is 10.6 Å². The van der Waals surface area contributed by atoms with Gasteiger partial charge in [0.05, 0.1) is 29.6 Å². The fourth-order valence-corrected chi connectivity index (χ4v) is 3.17. The van der Waals surface area contributed by atoms with E-state index in [-0.39, 0.29) is 35.5 Å². The number of carbonyl (C=O) groups excluding carboxylic acids is 2. The highest BCUT2D eigenvalue weighted by atomic mass is 19.1. The maximum atomic E-state index is 13.8. The van der Waals surface area contributed by atoms with E-state index in [4.69, 9.17) is 0 Å². The molecular formula is C23H18FN5O3. The summed E-state index contributed by atoms with van der Waals surface area (Å²) in [5.41, 5.74) is 0.959. The molecule has 0 aliphatic heterocycles. The number of benzene rings is 2. The Hall–Kier alpha value is -4.40. The summed E-state index contributed by atoms with van der Waals surface area (Å²) in [5, 5.41) is 9.85. The highest BCUT2D eigenvalue weighted by Crippen LogP contribution is 2.24. The van der Waals surface area contributed by atoms with E-state index in [0.29, 0.717) is 10.9 Å². The van der Waals surface area contributed by atoms with Crippen molar-refractivity contribution in [2.24, 2.45) is 0 Å². The van der Waals surface area contributed by atoms with Gasteiger partial charge in [0.1, 0.15) is 11.5 Å². The molecule has 0 saturated carbocycles. The Kier molecular flexibility index (Phi) is 5.98. The van der Waals surface area contributed by atoms with Crippen LogP contribution in [0.3, 0.4) is 0 Å². The van der Waals surface area contributed by atoms with Crippen LogP contribution in [0.15, 0.2) is 77.9 Å². The van der Waals surface area contributed by atoms with E-state index < -0.39 is 17.6 Å². The van der Waals surface area contributed by atoms with Crippen molar-refractivity contribution in [3.05, 3.63) is 94.8 Å². The second kappa shape index (κ2) is 9.17. The third-order valence-corrected chi connectivity index (χ3v) is 4.71. The van der Waals surface area contributed by atoms with Gasteiger partial charge in [-0.1, -0.05) is 18.2 Å². The second-order valence-corrected chi connectivity index (χ2v) is 6.91. The van der Waals surface area contributed by atoms with Crippen molar-refractivity contribution in [1.82, 2.24) is 14.8 Å². The van der Waals surface area contributed by atoms with Crippen molar-refractivity contribution in [2.45, 2.75) is 13.0 Å². The number of hydrogen-bond acceptors (Lipinski definition) is 5. The molecule has 2 aromatic heterocycles. The Morgan fingerprint density at radius 3 is 2.59 bits per heavy atom. The molecule has 0 spiro atoms. The number of fused-ring (bicyclic) bond motifs is 1. The van der Waals surface area contributed by atoms with Gasteiger partial charge in [-0.15, -0.1) is 0 Å². The number of pyridine rings is 1. The number of aryl methyl sites for hydroxylation is 1. The summed E-state index contributed by atoms with van der Waals surface area (Å²) in [5.74, 6) is -1.46. The number of aromatic nitrogens is 3. The van der Waals surface area contributed by atoms with Crippen LogP contribution in [0.2, 0.25) is 0 Å². The van der Waals surface area contributed by atoms with Gasteiger partial charge in [0, 0.05) is 18.0 Å². The van der Waals surface area contributed by atoms with E-state index in [0.717, 1.165) is 6.07 Å². The van der Waals surface area contributed by atoms with Crippen molar-refractivity contribution in [3.8, 4) is 0 Å². The number of para-hydroxylation sites is 1. The number of rotatable bonds is 6. The lowest BCUT2D eigenvalue weighted by Gasteiger charge is -2.13. The van der Waals surface area contributed by atoms with Gasteiger partial charge in [-0.2, -0.15) is 5.10 Å². The summed E-state index contributed by atoms with van der Waals surface area (Å²) >= 11 is 0. The van der Waals surface area contributed by atoms with Gasteiger partial charge in [-0.05, 0) is 42.5 Å². The molecule has 0 radical (unpaired) electrons. The molecule has 0 atom stereocenters. The Bertz CT molecular complexity index is 1350. The maximum absolute atomic E-state index is 13.8. The minimum absolute atomic E-state index is 0.0179. The summed E-state index contributed by atoms with van der Waals surface area (Å²) in [7, 11) is 0. The first-order valence-electron chi connectivity index (χ1n) is 9.78. The number of hydrogen-bond donors (Lipinski definition) is 2. The Morgan fingerprint density at radius 1 is 0.969 bits per heavy atom. The zero-order chi connectivity index (χ0) is 22.5. The van der Waals surface area contributed by atoms with Gasteiger partial charge in [-0.3, -0.25) is 24.0 Å². The van der Waals surface area contributed by atoms with Crippen molar-refractivity contribution < 1.29 is 14.0 Å². The van der Waals surface area contributed by atoms with E-state index in [2.05, 4.69) is 20.7 Å². The zero-order valence-corrected chi connectivity index (χ0v) is 16.8. The van der Waals surface area contributed by atoms with Gasteiger partial charge in [0.15, 0.2) is 0 Å². The minimum atomic E-state index is -0.566. The molecule has 0 aliphatic rings. The topological polar surface area (TPSA) is 106 Å². The highest BCUT2D eigenvalue weighted by molar-refractivity contribution is 6.06. The summed E-state index contributed by atoms with van der Waals surface area (Å²) in [6, 6.07) is 15.5. The second-order valence-electron chi connectivity index (χ2n) is 6.91. The highest BCUT2D eigenvalue weighted by Gasteiger charge is 2.13. The van der Waals surface area contributed by atoms with Crippen LogP contribution in [-0.4, -0.2) is 26.6 Å². The minimum Gasteiger partial charge on any atom is -0.324 e. The molecule has 0 bridgehead atoms. The molecule has 4 aromatic rings. The fraction of sp³-hybridized carbons (Fsp3) is 0.0870. The SMILES string of the molecule is O=C(CCn1ncc(=O)c2ccccc21)Nc1cc(F)ccc1NC(=O)c1ccccn1. The molecule has 32 heavy (non-hydrogen) atoms. The van der Waals surface area contributed by atoms with Crippen LogP contribution in [0.25, 0.3) is 10.9 Å². The Morgan fingerprint density at radius 2 is 1.78 bits per heavy atom. The van der Waals surface area contributed by atoms with Crippen LogP contribution in [-0.2, 0) is 11.3 Å². The van der Waals surface area contributed by atoms with E-state index in [1.54, 1.807) is 47.1 Å². The summed E-state index contributed by atoms with van der Waals surface area (Å²) < 4.78 is 15.4. The van der Waals surface area contributed by atoms with Crippen molar-refractivity contribution in [1.29, 1.82) is 0 Å². The Balaban J connectivity index is 1.48. The number of amides is 2. The van der Waals surface area contributed by atoms with Crippen LogP contribution >= 0.6 is 0 Å². The van der Waals surface area contributed by atoms with Gasteiger partial charge >= 0.3 is 0 Å². The first-order valence-corrected chi connectivity index (χ1v) is 9.78. The number of carbonyl (C=O) groups is 2. The molecule has 4 rings (SSSR count). The average Bonchev–Trinajstić information content (AvgIpc) is 2.81.